The van der Waals surface area contributed by atoms with Gasteiger partial charge in [-0.3, -0.25) is 19.3 Å². The van der Waals surface area contributed by atoms with Crippen LogP contribution < -0.4 is 5.32 Å². The molecule has 1 aromatic rings. The van der Waals surface area contributed by atoms with E-state index in [4.69, 9.17) is 4.74 Å². The van der Waals surface area contributed by atoms with Gasteiger partial charge in [-0.25, -0.2) is 4.79 Å². The van der Waals surface area contributed by atoms with E-state index in [0.717, 1.165) is 35.3 Å². The summed E-state index contributed by atoms with van der Waals surface area (Å²) in [7, 11) is 0. The number of hydrogen-bond acceptors (Lipinski definition) is 5. The van der Waals surface area contributed by atoms with Crippen molar-refractivity contribution in [3.63, 3.8) is 0 Å². The third kappa shape index (κ3) is 3.91. The van der Waals surface area contributed by atoms with E-state index in [9.17, 15) is 19.2 Å². The van der Waals surface area contributed by atoms with Crippen LogP contribution in [0.4, 0.5) is 4.79 Å². The first-order chi connectivity index (χ1) is 13.7. The molecule has 0 aromatic heterocycles. The first-order valence-corrected chi connectivity index (χ1v) is 10.1. The Morgan fingerprint density at radius 1 is 1.24 bits per heavy atom. The number of imide groups is 1. The number of carbonyl (C=O) groups is 4. The summed E-state index contributed by atoms with van der Waals surface area (Å²) in [4.78, 5) is 51.1. The Balaban J connectivity index is 1.64. The topological polar surface area (TPSA) is 92.8 Å². The highest BCUT2D eigenvalue weighted by atomic mass is 16.5. The van der Waals surface area contributed by atoms with Crippen LogP contribution in [0.2, 0.25) is 0 Å². The van der Waals surface area contributed by atoms with Crippen LogP contribution in [0.5, 0.6) is 0 Å². The minimum Gasteiger partial charge on any atom is -0.453 e. The molecule has 29 heavy (non-hydrogen) atoms. The summed E-state index contributed by atoms with van der Waals surface area (Å²) in [5, 5.41) is 2.80. The number of rotatable bonds is 5. The average Bonchev–Trinajstić information content (AvgIpc) is 2.90. The summed E-state index contributed by atoms with van der Waals surface area (Å²) in [5.41, 5.74) is 1.57. The zero-order chi connectivity index (χ0) is 21.3. The Hall–Kier alpha value is -2.70. The number of hydrogen-bond donors (Lipinski definition) is 1. The van der Waals surface area contributed by atoms with Gasteiger partial charge in [0.25, 0.3) is 5.91 Å². The lowest BCUT2D eigenvalue weighted by atomic mass is 9.73. The van der Waals surface area contributed by atoms with E-state index in [1.807, 2.05) is 26.8 Å². The van der Waals surface area contributed by atoms with Gasteiger partial charge in [-0.05, 0) is 56.7 Å². The fourth-order valence-electron chi connectivity index (χ4n) is 4.19. The highest BCUT2D eigenvalue weighted by molar-refractivity contribution is 6.09. The van der Waals surface area contributed by atoms with Crippen LogP contribution >= 0.6 is 0 Å². The molecule has 156 valence electrons. The fourth-order valence-corrected chi connectivity index (χ4v) is 4.19. The predicted molar refractivity (Wildman–Crippen MR) is 106 cm³/mol. The Labute approximate surface area is 170 Å². The molecule has 1 saturated carbocycles. The van der Waals surface area contributed by atoms with Gasteiger partial charge in [0.2, 0.25) is 5.78 Å². The van der Waals surface area contributed by atoms with Gasteiger partial charge in [0.1, 0.15) is 12.1 Å². The SMILES string of the molecule is Cc1ccc(C(=O)[C@@H](C)OC(=O)CN2C(=O)N[C@]3(CCCC[C@@H]3C)C2=O)cc1C. The molecule has 1 heterocycles. The van der Waals surface area contributed by atoms with Gasteiger partial charge in [-0.15, -0.1) is 0 Å². The van der Waals surface area contributed by atoms with Crippen molar-refractivity contribution in [1.29, 1.82) is 0 Å². The van der Waals surface area contributed by atoms with E-state index in [2.05, 4.69) is 5.32 Å². The first kappa shape index (κ1) is 21.0. The number of nitrogens with one attached hydrogen (secondary N) is 1. The second-order valence-corrected chi connectivity index (χ2v) is 8.24. The monoisotopic (exact) mass is 400 g/mol. The number of ketones is 1. The van der Waals surface area contributed by atoms with Crippen molar-refractivity contribution in [1.82, 2.24) is 10.2 Å². The number of esters is 1. The van der Waals surface area contributed by atoms with Gasteiger partial charge >= 0.3 is 12.0 Å². The molecule has 3 amide bonds. The largest absolute Gasteiger partial charge is 0.453 e. The summed E-state index contributed by atoms with van der Waals surface area (Å²) in [6, 6.07) is 4.72. The van der Waals surface area contributed by atoms with Gasteiger partial charge < -0.3 is 10.1 Å². The molecule has 1 aliphatic heterocycles. The number of ether oxygens (including phenoxy) is 1. The van der Waals surface area contributed by atoms with Crippen LogP contribution in [0.15, 0.2) is 18.2 Å². The zero-order valence-electron chi connectivity index (χ0n) is 17.4. The molecule has 0 bridgehead atoms. The molecule has 1 N–H and O–H groups in total. The maximum atomic E-state index is 12.9. The number of Topliss-reactive ketones (excluding diaryl/α,β-unsaturated/α-hetero) is 1. The van der Waals surface area contributed by atoms with E-state index < -0.39 is 30.2 Å². The molecule has 1 aliphatic carbocycles. The van der Waals surface area contributed by atoms with Gasteiger partial charge in [-0.2, -0.15) is 0 Å². The van der Waals surface area contributed by atoms with Crippen molar-refractivity contribution in [2.75, 3.05) is 6.54 Å². The molecule has 3 rings (SSSR count). The summed E-state index contributed by atoms with van der Waals surface area (Å²) in [6.45, 7) is 6.80. The minimum atomic E-state index is -1.01. The van der Waals surface area contributed by atoms with E-state index in [1.165, 1.54) is 6.92 Å². The van der Waals surface area contributed by atoms with Crippen LogP contribution in [0.1, 0.15) is 61.0 Å². The number of amides is 3. The van der Waals surface area contributed by atoms with Crippen molar-refractivity contribution in [3.05, 3.63) is 34.9 Å². The Morgan fingerprint density at radius 3 is 2.62 bits per heavy atom. The van der Waals surface area contributed by atoms with Gasteiger partial charge in [0.15, 0.2) is 6.10 Å². The van der Waals surface area contributed by atoms with Gasteiger partial charge in [-0.1, -0.05) is 31.9 Å². The van der Waals surface area contributed by atoms with Crippen LogP contribution in [0.25, 0.3) is 0 Å². The Morgan fingerprint density at radius 2 is 1.97 bits per heavy atom. The number of urea groups is 1. The molecule has 0 radical (unpaired) electrons. The number of benzene rings is 1. The lowest BCUT2D eigenvalue weighted by molar-refractivity contribution is -0.150. The quantitative estimate of drug-likeness (QED) is 0.466. The summed E-state index contributed by atoms with van der Waals surface area (Å²) in [5.74, 6) is -1.46. The molecule has 3 atom stereocenters. The molecule has 1 saturated heterocycles. The molecule has 1 aromatic carbocycles. The minimum absolute atomic E-state index is 0.0130. The first-order valence-electron chi connectivity index (χ1n) is 10.1. The van der Waals surface area contributed by atoms with E-state index >= 15 is 0 Å². The second kappa shape index (κ2) is 7.97. The highest BCUT2D eigenvalue weighted by Crippen LogP contribution is 2.38. The van der Waals surface area contributed by atoms with Crippen molar-refractivity contribution < 1.29 is 23.9 Å². The van der Waals surface area contributed by atoms with E-state index in [1.54, 1.807) is 12.1 Å². The number of aryl methyl sites for hydroxylation is 2. The molecular weight excluding hydrogens is 372 g/mol. The molecule has 7 heteroatoms. The van der Waals surface area contributed by atoms with Crippen molar-refractivity contribution >= 4 is 23.7 Å². The number of nitrogens with zero attached hydrogens (tertiary/aromatic N) is 1. The Bertz CT molecular complexity index is 865. The maximum absolute atomic E-state index is 12.9. The maximum Gasteiger partial charge on any atom is 0.326 e. The third-order valence-corrected chi connectivity index (χ3v) is 6.26. The Kier molecular flexibility index (Phi) is 5.78. The third-order valence-electron chi connectivity index (χ3n) is 6.26. The molecule has 0 unspecified atom stereocenters. The van der Waals surface area contributed by atoms with E-state index in [0.29, 0.717) is 12.0 Å². The highest BCUT2D eigenvalue weighted by Gasteiger charge is 2.55. The van der Waals surface area contributed by atoms with Crippen LogP contribution in [-0.4, -0.2) is 46.8 Å². The van der Waals surface area contributed by atoms with Gasteiger partial charge in [0, 0.05) is 5.56 Å². The standard InChI is InChI=1S/C22H28N2O5/c1-13-8-9-17(11-14(13)2)19(26)16(4)29-18(25)12-24-20(27)22(23-21(24)28)10-6-5-7-15(22)3/h8-9,11,15-16H,5-7,10,12H2,1-4H3,(H,23,28)/t15-,16+,22-/m0/s1. The van der Waals surface area contributed by atoms with Crippen LogP contribution in [0.3, 0.4) is 0 Å². The van der Waals surface area contributed by atoms with E-state index in [-0.39, 0.29) is 17.6 Å². The van der Waals surface area contributed by atoms with Crippen molar-refractivity contribution in [2.45, 2.75) is 65.0 Å². The fraction of sp³-hybridized carbons (Fsp3) is 0.545. The van der Waals surface area contributed by atoms with Gasteiger partial charge in [0.05, 0.1) is 0 Å². The molecule has 7 nitrogen and oxygen atoms in total. The number of carbonyl (C=O) groups excluding carboxylic acids is 4. The molecule has 2 aliphatic rings. The van der Waals surface area contributed by atoms with Crippen molar-refractivity contribution in [2.24, 2.45) is 5.92 Å². The van der Waals surface area contributed by atoms with Crippen molar-refractivity contribution in [3.8, 4) is 0 Å². The predicted octanol–water partition coefficient (Wildman–Crippen LogP) is 2.92. The van der Waals surface area contributed by atoms with Crippen LogP contribution in [-0.2, 0) is 14.3 Å². The normalized spacial score (nSPS) is 25.1. The average molecular weight is 400 g/mol. The lowest BCUT2D eigenvalue weighted by Crippen LogP contribution is -2.54. The second-order valence-electron chi connectivity index (χ2n) is 8.24. The molecule has 1 spiro atoms. The summed E-state index contributed by atoms with van der Waals surface area (Å²) in [6.07, 6.45) is 2.30. The molecule has 2 fully saturated rings. The summed E-state index contributed by atoms with van der Waals surface area (Å²) >= 11 is 0. The zero-order valence-corrected chi connectivity index (χ0v) is 17.4. The smallest absolute Gasteiger partial charge is 0.326 e. The lowest BCUT2D eigenvalue weighted by Gasteiger charge is -2.36. The molecular formula is C22H28N2O5. The summed E-state index contributed by atoms with van der Waals surface area (Å²) < 4.78 is 5.24. The van der Waals surface area contributed by atoms with Crippen LogP contribution in [0, 0.1) is 19.8 Å².